The molecule has 5 unspecified atom stereocenters. The van der Waals surface area contributed by atoms with Crippen molar-refractivity contribution in [2.24, 2.45) is 28.6 Å². The van der Waals surface area contributed by atoms with E-state index in [0.717, 1.165) is 12.8 Å². The lowest BCUT2D eigenvalue weighted by Crippen LogP contribution is -2.43. The van der Waals surface area contributed by atoms with E-state index in [1.807, 2.05) is 0 Å². The van der Waals surface area contributed by atoms with Crippen LogP contribution in [0.2, 0.25) is 0 Å². The topological polar surface area (TPSA) is 77.8 Å². The van der Waals surface area contributed by atoms with Gasteiger partial charge in [-0.05, 0) is 48.5 Å². The van der Waals surface area contributed by atoms with Crippen molar-refractivity contribution in [3.63, 3.8) is 0 Å². The molecular formula is C15H22O4. The van der Waals surface area contributed by atoms with E-state index >= 15 is 0 Å². The SMILES string of the molecule is CC1(C)C2CC3(C(O)C=C2C(=O)O)C(CO)CCC13. The lowest BCUT2D eigenvalue weighted by atomic mass is 9.66. The Morgan fingerprint density at radius 2 is 2.11 bits per heavy atom. The van der Waals surface area contributed by atoms with Crippen LogP contribution in [0.15, 0.2) is 11.6 Å². The standard InChI is InChI=1S/C15H22O4/c1-14(2)10-6-15(8(7-16)3-4-11(14)15)12(17)5-9(10)13(18)19/h5,8,10-12,16-17H,3-4,6-7H2,1-2H3,(H,18,19). The maximum atomic E-state index is 11.4. The Balaban J connectivity index is 2.13. The van der Waals surface area contributed by atoms with Crippen LogP contribution in [0.4, 0.5) is 0 Å². The van der Waals surface area contributed by atoms with Gasteiger partial charge in [-0.15, -0.1) is 0 Å². The first kappa shape index (κ1) is 13.1. The number of aliphatic carboxylic acids is 1. The molecule has 3 aliphatic rings. The Labute approximate surface area is 113 Å². The first-order chi connectivity index (χ1) is 8.85. The predicted octanol–water partition coefficient (Wildman–Crippen LogP) is 1.42. The summed E-state index contributed by atoms with van der Waals surface area (Å²) in [5, 5.41) is 29.6. The maximum absolute atomic E-state index is 11.4. The summed E-state index contributed by atoms with van der Waals surface area (Å²) in [6.45, 7) is 4.34. The molecule has 4 nitrogen and oxygen atoms in total. The number of fused-ring (bicyclic) bond motifs is 1. The number of carbonyl (C=O) groups is 1. The second-order valence-electron chi connectivity index (χ2n) is 7.07. The Morgan fingerprint density at radius 1 is 1.42 bits per heavy atom. The molecule has 0 amide bonds. The van der Waals surface area contributed by atoms with Crippen molar-refractivity contribution in [2.45, 2.75) is 39.2 Å². The van der Waals surface area contributed by atoms with E-state index in [1.165, 1.54) is 0 Å². The second-order valence-corrected chi connectivity index (χ2v) is 7.07. The van der Waals surface area contributed by atoms with E-state index in [9.17, 15) is 20.1 Å². The predicted molar refractivity (Wildman–Crippen MR) is 69.3 cm³/mol. The largest absolute Gasteiger partial charge is 0.478 e. The van der Waals surface area contributed by atoms with Gasteiger partial charge in [-0.1, -0.05) is 13.8 Å². The summed E-state index contributed by atoms with van der Waals surface area (Å²) in [7, 11) is 0. The molecule has 4 heteroatoms. The molecule has 3 aliphatic carbocycles. The minimum absolute atomic E-state index is 0.00671. The van der Waals surface area contributed by atoms with E-state index in [0.29, 0.717) is 17.9 Å². The number of hydrogen-bond donors (Lipinski definition) is 3. The van der Waals surface area contributed by atoms with Crippen molar-refractivity contribution in [1.29, 1.82) is 0 Å². The third-order valence-corrected chi connectivity index (χ3v) is 6.30. The Hall–Kier alpha value is -0.870. The van der Waals surface area contributed by atoms with Crippen molar-refractivity contribution in [2.75, 3.05) is 6.61 Å². The molecule has 3 rings (SSSR count). The lowest BCUT2D eigenvalue weighted by molar-refractivity contribution is -0.134. The first-order valence-electron chi connectivity index (χ1n) is 7.09. The molecule has 0 radical (unpaired) electrons. The molecule has 3 N–H and O–H groups in total. The zero-order valence-corrected chi connectivity index (χ0v) is 11.5. The van der Waals surface area contributed by atoms with Crippen LogP contribution in [-0.4, -0.2) is 34.0 Å². The van der Waals surface area contributed by atoms with Crippen molar-refractivity contribution in [1.82, 2.24) is 0 Å². The summed E-state index contributed by atoms with van der Waals surface area (Å²) in [5.74, 6) is -0.520. The molecule has 106 valence electrons. The van der Waals surface area contributed by atoms with Gasteiger partial charge in [0.15, 0.2) is 0 Å². The Bertz CT molecular complexity index is 453. The van der Waals surface area contributed by atoms with Crippen LogP contribution in [0.25, 0.3) is 0 Å². The van der Waals surface area contributed by atoms with Crippen LogP contribution in [0.1, 0.15) is 33.1 Å². The number of carboxylic acid groups (broad SMARTS) is 1. The summed E-state index contributed by atoms with van der Waals surface area (Å²) in [4.78, 5) is 11.4. The summed E-state index contributed by atoms with van der Waals surface area (Å²) in [6, 6.07) is 0. The van der Waals surface area contributed by atoms with E-state index in [4.69, 9.17) is 0 Å². The number of carboxylic acids is 1. The normalized spacial score (nSPS) is 46.8. The van der Waals surface area contributed by atoms with Gasteiger partial charge in [0.1, 0.15) is 0 Å². The third kappa shape index (κ3) is 1.39. The molecule has 0 saturated heterocycles. The number of hydrogen-bond acceptors (Lipinski definition) is 3. The van der Waals surface area contributed by atoms with Gasteiger partial charge in [-0.2, -0.15) is 0 Å². The van der Waals surface area contributed by atoms with Gasteiger partial charge in [0.05, 0.1) is 6.10 Å². The molecule has 1 spiro atoms. The highest BCUT2D eigenvalue weighted by atomic mass is 16.4. The van der Waals surface area contributed by atoms with Gasteiger partial charge in [0, 0.05) is 17.6 Å². The highest BCUT2D eigenvalue weighted by Crippen LogP contribution is 2.71. The molecule has 0 aliphatic heterocycles. The molecule has 2 fully saturated rings. The van der Waals surface area contributed by atoms with Crippen molar-refractivity contribution < 1.29 is 20.1 Å². The molecule has 0 aromatic heterocycles. The van der Waals surface area contributed by atoms with Gasteiger partial charge in [0.2, 0.25) is 0 Å². The average Bonchev–Trinajstić information content (AvgIpc) is 2.79. The smallest absolute Gasteiger partial charge is 0.331 e. The lowest BCUT2D eigenvalue weighted by Gasteiger charge is -2.41. The van der Waals surface area contributed by atoms with Crippen LogP contribution in [-0.2, 0) is 4.79 Å². The zero-order valence-electron chi connectivity index (χ0n) is 11.5. The van der Waals surface area contributed by atoms with Crippen LogP contribution >= 0.6 is 0 Å². The van der Waals surface area contributed by atoms with Gasteiger partial charge in [-0.3, -0.25) is 0 Å². The van der Waals surface area contributed by atoms with E-state index < -0.39 is 12.1 Å². The Kier molecular flexibility index (Phi) is 2.64. The molecule has 0 heterocycles. The van der Waals surface area contributed by atoms with Gasteiger partial charge < -0.3 is 15.3 Å². The van der Waals surface area contributed by atoms with E-state index in [-0.39, 0.29) is 29.3 Å². The fourth-order valence-electron chi connectivity index (χ4n) is 5.42. The maximum Gasteiger partial charge on any atom is 0.331 e. The molecular weight excluding hydrogens is 244 g/mol. The Morgan fingerprint density at radius 3 is 2.68 bits per heavy atom. The molecule has 0 aromatic rings. The molecule has 19 heavy (non-hydrogen) atoms. The third-order valence-electron chi connectivity index (χ3n) is 6.30. The van der Waals surface area contributed by atoms with Crippen LogP contribution < -0.4 is 0 Å². The summed E-state index contributed by atoms with van der Waals surface area (Å²) < 4.78 is 0. The highest BCUT2D eigenvalue weighted by Gasteiger charge is 2.68. The van der Waals surface area contributed by atoms with Crippen LogP contribution in [0.3, 0.4) is 0 Å². The van der Waals surface area contributed by atoms with Gasteiger partial charge in [-0.25, -0.2) is 4.79 Å². The molecule has 5 atom stereocenters. The first-order valence-corrected chi connectivity index (χ1v) is 7.09. The second kappa shape index (κ2) is 3.83. The monoisotopic (exact) mass is 266 g/mol. The molecule has 2 bridgehead atoms. The summed E-state index contributed by atoms with van der Waals surface area (Å²) in [6.07, 6.45) is 3.43. The van der Waals surface area contributed by atoms with Crippen molar-refractivity contribution >= 4 is 5.97 Å². The molecule has 2 saturated carbocycles. The average molecular weight is 266 g/mol. The highest BCUT2D eigenvalue weighted by molar-refractivity contribution is 5.88. The zero-order chi connectivity index (χ0) is 14.0. The number of aliphatic hydroxyl groups is 2. The van der Waals surface area contributed by atoms with E-state index in [1.54, 1.807) is 6.08 Å². The van der Waals surface area contributed by atoms with Gasteiger partial charge in [0.25, 0.3) is 0 Å². The fourth-order valence-corrected chi connectivity index (χ4v) is 5.42. The quantitative estimate of drug-likeness (QED) is 0.706. The molecule has 0 aromatic carbocycles. The van der Waals surface area contributed by atoms with Crippen molar-refractivity contribution in [3.8, 4) is 0 Å². The summed E-state index contributed by atoms with van der Waals surface area (Å²) in [5.41, 5.74) is -0.0535. The number of aliphatic hydroxyl groups excluding tert-OH is 2. The van der Waals surface area contributed by atoms with Crippen LogP contribution in [0, 0.1) is 28.6 Å². The van der Waals surface area contributed by atoms with Crippen LogP contribution in [0.5, 0.6) is 0 Å². The minimum Gasteiger partial charge on any atom is -0.478 e. The number of rotatable bonds is 2. The fraction of sp³-hybridized carbons (Fsp3) is 0.800. The van der Waals surface area contributed by atoms with Gasteiger partial charge >= 0.3 is 5.97 Å². The van der Waals surface area contributed by atoms with E-state index in [2.05, 4.69) is 13.8 Å². The summed E-state index contributed by atoms with van der Waals surface area (Å²) >= 11 is 0. The van der Waals surface area contributed by atoms with Crippen molar-refractivity contribution in [3.05, 3.63) is 11.6 Å². The minimum atomic E-state index is -0.910.